The minimum Gasteiger partial charge on any atom is -0.427 e. The molecule has 27 heavy (non-hydrogen) atoms. The Balaban J connectivity index is 0.00000364. The maximum Gasteiger partial charge on any atom is 0.451 e. The highest BCUT2D eigenvalue weighted by Crippen LogP contribution is 2.15. The average molecular weight is 401 g/mol. The third-order valence-corrected chi connectivity index (χ3v) is 3.85. The molecule has 2 rings (SSSR count). The summed E-state index contributed by atoms with van der Waals surface area (Å²) in [6.07, 6.45) is 2.10. The molecule has 2 aromatic rings. The van der Waals surface area contributed by atoms with E-state index in [0.29, 0.717) is 30.7 Å². The molecule has 0 aliphatic rings. The second kappa shape index (κ2) is 11.6. The number of nitrogens with two attached hydrogens (primary N) is 1. The lowest BCUT2D eigenvalue weighted by Gasteiger charge is -2.12. The van der Waals surface area contributed by atoms with Gasteiger partial charge in [-0.1, -0.05) is 31.0 Å². The van der Waals surface area contributed by atoms with Gasteiger partial charge in [-0.3, -0.25) is 4.79 Å². The number of nitrogens with one attached hydrogen (secondary N) is 1. The highest BCUT2D eigenvalue weighted by Gasteiger charge is 2.17. The first-order chi connectivity index (χ1) is 12.5. The molecule has 5 N–H and O–H groups in total. The normalized spacial score (nSPS) is 11.6. The smallest absolute Gasteiger partial charge is 0.427 e. The zero-order valence-electron chi connectivity index (χ0n) is 14.7. The van der Waals surface area contributed by atoms with Crippen molar-refractivity contribution in [3.8, 4) is 0 Å². The second-order valence-electron chi connectivity index (χ2n) is 5.93. The molecule has 1 aromatic carbocycles. The quantitative estimate of drug-likeness (QED) is 0.330. The molecule has 9 nitrogen and oxygen atoms in total. The van der Waals surface area contributed by atoms with Crippen LogP contribution in [0.2, 0.25) is 6.32 Å². The fraction of sp³-hybridized carbons (Fsp3) is 0.467. The van der Waals surface area contributed by atoms with E-state index in [4.69, 9.17) is 15.8 Å². The number of hydrogen-bond donors (Lipinski definition) is 4. The molecule has 0 radical (unpaired) electrons. The average Bonchev–Trinajstić information content (AvgIpc) is 3.06. The van der Waals surface area contributed by atoms with Crippen molar-refractivity contribution in [2.75, 3.05) is 0 Å². The Morgan fingerprint density at radius 2 is 2.07 bits per heavy atom. The topological polar surface area (TPSA) is 139 Å². The molecule has 148 valence electrons. The molecule has 1 amide bonds. The summed E-state index contributed by atoms with van der Waals surface area (Å²) in [6, 6.07) is 5.72. The summed E-state index contributed by atoms with van der Waals surface area (Å²) < 4.78 is 14.9. The number of hydrogen-bond acceptors (Lipinski definition) is 7. The zero-order chi connectivity index (χ0) is 18.9. The monoisotopic (exact) mass is 400 g/mol. The van der Waals surface area contributed by atoms with E-state index < -0.39 is 13.2 Å². The van der Waals surface area contributed by atoms with Crippen LogP contribution in [0.25, 0.3) is 0 Å². The summed E-state index contributed by atoms with van der Waals surface area (Å²) in [5.41, 5.74) is 6.44. The molecular formula is C15H23BClFN6O3. The van der Waals surface area contributed by atoms with E-state index in [-0.39, 0.29) is 43.5 Å². The second-order valence-corrected chi connectivity index (χ2v) is 5.93. The molecule has 12 heteroatoms. The molecule has 0 aliphatic carbocycles. The van der Waals surface area contributed by atoms with Crippen LogP contribution in [-0.2, 0) is 17.9 Å². The van der Waals surface area contributed by atoms with E-state index in [9.17, 15) is 9.18 Å². The molecule has 1 aromatic heterocycles. The van der Waals surface area contributed by atoms with Gasteiger partial charge in [0.25, 0.3) is 0 Å². The number of nitrogens with zero attached hydrogens (tertiary/aromatic N) is 4. The molecule has 1 heterocycles. The molecule has 0 saturated carbocycles. The van der Waals surface area contributed by atoms with Crippen LogP contribution in [0, 0.1) is 5.82 Å². The van der Waals surface area contributed by atoms with Crippen molar-refractivity contribution >= 4 is 25.4 Å². The molecule has 0 unspecified atom stereocenters. The van der Waals surface area contributed by atoms with Gasteiger partial charge >= 0.3 is 7.12 Å². The summed E-state index contributed by atoms with van der Waals surface area (Å²) >= 11 is 0. The number of tetrazole rings is 1. The third-order valence-electron chi connectivity index (χ3n) is 3.85. The largest absolute Gasteiger partial charge is 0.451 e. The Bertz CT molecular complexity index is 720. The Labute approximate surface area is 162 Å². The minimum absolute atomic E-state index is 0. The van der Waals surface area contributed by atoms with E-state index in [2.05, 4.69) is 20.8 Å². The summed E-state index contributed by atoms with van der Waals surface area (Å²) in [5, 5.41) is 31.4. The van der Waals surface area contributed by atoms with Gasteiger partial charge in [0.1, 0.15) is 12.4 Å². The van der Waals surface area contributed by atoms with Crippen LogP contribution < -0.4 is 11.1 Å². The highest BCUT2D eigenvalue weighted by atomic mass is 35.5. The first-order valence-corrected chi connectivity index (χ1v) is 8.35. The van der Waals surface area contributed by atoms with E-state index >= 15 is 0 Å². The van der Waals surface area contributed by atoms with Gasteiger partial charge < -0.3 is 21.1 Å². The van der Waals surface area contributed by atoms with Gasteiger partial charge in [-0.2, -0.15) is 0 Å². The minimum atomic E-state index is -1.32. The summed E-state index contributed by atoms with van der Waals surface area (Å²) in [5.74, 6) is -0.376. The maximum atomic E-state index is 13.5. The Morgan fingerprint density at radius 1 is 1.33 bits per heavy atom. The molecule has 0 aliphatic heterocycles. The Hall–Kier alpha value is -2.08. The molecule has 1 atom stereocenters. The number of carbonyl (C=O) groups is 1. The van der Waals surface area contributed by atoms with Crippen LogP contribution in [0.5, 0.6) is 0 Å². The number of rotatable bonds is 10. The highest BCUT2D eigenvalue weighted by molar-refractivity contribution is 6.40. The van der Waals surface area contributed by atoms with Crippen LogP contribution in [0.4, 0.5) is 4.39 Å². The number of unbranched alkanes of at least 4 members (excludes halogenated alkanes) is 1. The Morgan fingerprint density at radius 3 is 2.78 bits per heavy atom. The van der Waals surface area contributed by atoms with Crippen LogP contribution in [0.15, 0.2) is 24.3 Å². The molecule has 0 fully saturated rings. The summed E-state index contributed by atoms with van der Waals surface area (Å²) in [7, 11) is -1.32. The predicted octanol–water partition coefficient (Wildman–Crippen LogP) is 0.193. The molecular weight excluding hydrogens is 377 g/mol. The van der Waals surface area contributed by atoms with E-state index in [1.165, 1.54) is 10.7 Å². The maximum absolute atomic E-state index is 13.5. The Kier molecular flexibility index (Phi) is 9.87. The van der Waals surface area contributed by atoms with Gasteiger partial charge in [0.05, 0.1) is 6.04 Å². The van der Waals surface area contributed by atoms with Crippen LogP contribution in [0.1, 0.15) is 36.7 Å². The molecule has 0 bridgehead atoms. The van der Waals surface area contributed by atoms with Gasteiger partial charge in [-0.25, -0.2) is 9.07 Å². The number of carbonyl (C=O) groups excluding carboxylic acids is 1. The summed E-state index contributed by atoms with van der Waals surface area (Å²) in [4.78, 5) is 12.1. The van der Waals surface area contributed by atoms with Crippen LogP contribution >= 0.6 is 12.4 Å². The van der Waals surface area contributed by atoms with Crippen LogP contribution in [0.3, 0.4) is 0 Å². The van der Waals surface area contributed by atoms with Crippen molar-refractivity contribution in [1.29, 1.82) is 0 Å². The lowest BCUT2D eigenvalue weighted by Crippen LogP contribution is -2.29. The molecule has 0 spiro atoms. The van der Waals surface area contributed by atoms with E-state index in [1.54, 1.807) is 18.2 Å². The first kappa shape index (κ1) is 23.0. The zero-order valence-corrected chi connectivity index (χ0v) is 15.5. The third kappa shape index (κ3) is 7.59. The number of amides is 1. The van der Waals surface area contributed by atoms with Gasteiger partial charge in [-0.05, 0) is 29.2 Å². The number of benzene rings is 1. The fourth-order valence-electron chi connectivity index (χ4n) is 2.44. The van der Waals surface area contributed by atoms with Gasteiger partial charge in [0.2, 0.25) is 5.91 Å². The predicted molar refractivity (Wildman–Crippen MR) is 99.1 cm³/mol. The van der Waals surface area contributed by atoms with E-state index in [0.717, 1.165) is 0 Å². The van der Waals surface area contributed by atoms with Crippen molar-refractivity contribution in [3.63, 3.8) is 0 Å². The van der Waals surface area contributed by atoms with Gasteiger partial charge in [0, 0.05) is 12.1 Å². The molecule has 0 saturated heterocycles. The van der Waals surface area contributed by atoms with Crippen molar-refractivity contribution in [1.82, 2.24) is 25.5 Å². The van der Waals surface area contributed by atoms with Gasteiger partial charge in [0.15, 0.2) is 5.82 Å². The number of halogens is 2. The SMILES string of the molecule is Cl.N[C@@H](CCCCB(O)O)c1nnnn1CC(=O)NCc1ccccc1F. The van der Waals surface area contributed by atoms with Crippen molar-refractivity contribution in [2.24, 2.45) is 5.73 Å². The van der Waals surface area contributed by atoms with Crippen molar-refractivity contribution < 1.29 is 19.2 Å². The summed E-state index contributed by atoms with van der Waals surface area (Å²) in [6.45, 7) is -0.0572. The standard InChI is InChI=1S/C15H22BFN6O3.ClH/c17-12-6-2-1-5-11(12)9-19-14(24)10-23-15(20-21-22-23)13(18)7-3-4-8-16(25)26;/h1-2,5-6,13,25-26H,3-4,7-10,18H2,(H,19,24);1H/t13-;/m0./s1. The lowest BCUT2D eigenvalue weighted by molar-refractivity contribution is -0.122. The van der Waals surface area contributed by atoms with E-state index in [1.807, 2.05) is 0 Å². The fourth-order valence-corrected chi connectivity index (χ4v) is 2.44. The van der Waals surface area contributed by atoms with Crippen LogP contribution in [-0.4, -0.2) is 43.3 Å². The van der Waals surface area contributed by atoms with Crippen molar-refractivity contribution in [3.05, 3.63) is 41.5 Å². The van der Waals surface area contributed by atoms with Crippen molar-refractivity contribution in [2.45, 2.75) is 44.7 Å². The number of aromatic nitrogens is 4. The van der Waals surface area contributed by atoms with Gasteiger partial charge in [-0.15, -0.1) is 17.5 Å². The first-order valence-electron chi connectivity index (χ1n) is 8.35. The lowest BCUT2D eigenvalue weighted by atomic mass is 9.83.